The molecule has 0 amide bonds. The van der Waals surface area contributed by atoms with Gasteiger partial charge in [0.25, 0.3) is 0 Å². The van der Waals surface area contributed by atoms with Gasteiger partial charge in [-0.25, -0.2) is 14.4 Å². The van der Waals surface area contributed by atoms with Crippen LogP contribution in [0.25, 0.3) is 0 Å². The number of anilines is 1. The minimum absolute atomic E-state index is 0.155. The van der Waals surface area contributed by atoms with Crippen LogP contribution in [0.3, 0.4) is 0 Å². The summed E-state index contributed by atoms with van der Waals surface area (Å²) in [5.41, 5.74) is 2.11. The number of halogens is 1. The minimum Gasteiger partial charge on any atom is -0.400 e. The molecule has 2 N–H and O–H groups in total. The van der Waals surface area contributed by atoms with Gasteiger partial charge in [0.05, 0.1) is 0 Å². The summed E-state index contributed by atoms with van der Waals surface area (Å²) in [6, 6.07) is 6.60. The van der Waals surface area contributed by atoms with Crippen LogP contribution >= 0.6 is 0 Å². The molecule has 1 aromatic heterocycles. The Kier molecular flexibility index (Phi) is 13.9. The summed E-state index contributed by atoms with van der Waals surface area (Å²) in [6.07, 6.45) is 3.75. The van der Waals surface area contributed by atoms with Crippen LogP contribution in [-0.4, -0.2) is 48.4 Å². The van der Waals surface area contributed by atoms with Gasteiger partial charge in [-0.05, 0) is 23.3 Å². The van der Waals surface area contributed by atoms with Crippen LogP contribution < -0.4 is 10.2 Å². The fraction of sp³-hybridized carbons (Fsp3) is 0.524. The number of nitrogens with zero attached hydrogens (tertiary/aromatic N) is 3. The number of aromatic nitrogens is 2. The van der Waals surface area contributed by atoms with Crippen molar-refractivity contribution in [3.05, 3.63) is 53.6 Å². The van der Waals surface area contributed by atoms with Gasteiger partial charge >= 0.3 is 0 Å². The SMILES string of the molecule is CC.CC.CC(c1ccc(F)cc1)c1cnc(N2CCNCC2)nc1.CO. The number of benzene rings is 1. The number of nitrogens with one attached hydrogen (secondary N) is 1. The summed E-state index contributed by atoms with van der Waals surface area (Å²) in [7, 11) is 1.00. The van der Waals surface area contributed by atoms with Gasteiger partial charge in [-0.2, -0.15) is 0 Å². The van der Waals surface area contributed by atoms with E-state index in [2.05, 4.69) is 27.1 Å². The molecule has 6 heteroatoms. The molecule has 0 bridgehead atoms. The fourth-order valence-corrected chi connectivity index (χ4v) is 2.53. The Morgan fingerprint density at radius 2 is 1.41 bits per heavy atom. The molecule has 5 nitrogen and oxygen atoms in total. The molecule has 0 saturated carbocycles. The van der Waals surface area contributed by atoms with E-state index in [1.807, 2.05) is 52.2 Å². The summed E-state index contributed by atoms with van der Waals surface area (Å²) in [5.74, 6) is 0.727. The Labute approximate surface area is 163 Å². The molecular formula is C21H35FN4O. The molecule has 0 radical (unpaired) electrons. The molecule has 1 aliphatic heterocycles. The third kappa shape index (κ3) is 8.01. The Balaban J connectivity index is 0.00000103. The summed E-state index contributed by atoms with van der Waals surface area (Å²) < 4.78 is 13.0. The van der Waals surface area contributed by atoms with E-state index in [1.165, 1.54) is 12.1 Å². The fourth-order valence-electron chi connectivity index (χ4n) is 2.53. The highest BCUT2D eigenvalue weighted by Crippen LogP contribution is 2.23. The average Bonchev–Trinajstić information content (AvgIpc) is 2.79. The van der Waals surface area contributed by atoms with Gasteiger partial charge in [0, 0.05) is 51.6 Å². The van der Waals surface area contributed by atoms with Gasteiger partial charge in [0.1, 0.15) is 5.82 Å². The highest BCUT2D eigenvalue weighted by atomic mass is 19.1. The zero-order valence-corrected chi connectivity index (χ0v) is 17.5. The van der Waals surface area contributed by atoms with Crippen molar-refractivity contribution in [2.75, 3.05) is 38.2 Å². The third-order valence-electron chi connectivity index (χ3n) is 3.93. The van der Waals surface area contributed by atoms with Crippen molar-refractivity contribution in [2.24, 2.45) is 0 Å². The Morgan fingerprint density at radius 3 is 1.89 bits per heavy atom. The molecule has 1 saturated heterocycles. The van der Waals surface area contributed by atoms with Crippen molar-refractivity contribution in [3.8, 4) is 0 Å². The van der Waals surface area contributed by atoms with E-state index in [-0.39, 0.29) is 11.7 Å². The molecule has 1 fully saturated rings. The molecule has 152 valence electrons. The molecule has 1 aliphatic rings. The first-order chi connectivity index (χ1) is 13.2. The van der Waals surface area contributed by atoms with Gasteiger partial charge < -0.3 is 15.3 Å². The molecule has 2 heterocycles. The van der Waals surface area contributed by atoms with Crippen molar-refractivity contribution < 1.29 is 9.50 Å². The van der Waals surface area contributed by atoms with Crippen LogP contribution in [0.2, 0.25) is 0 Å². The molecule has 27 heavy (non-hydrogen) atoms. The second-order valence-corrected chi connectivity index (χ2v) is 5.33. The lowest BCUT2D eigenvalue weighted by Gasteiger charge is -2.27. The Bertz CT molecular complexity index is 584. The normalized spacial score (nSPS) is 13.7. The van der Waals surface area contributed by atoms with Crippen LogP contribution in [0.4, 0.5) is 10.3 Å². The molecule has 1 aromatic carbocycles. The smallest absolute Gasteiger partial charge is 0.225 e. The first-order valence-electron chi connectivity index (χ1n) is 9.72. The van der Waals surface area contributed by atoms with Crippen molar-refractivity contribution in [2.45, 2.75) is 40.5 Å². The van der Waals surface area contributed by atoms with Crippen LogP contribution in [-0.2, 0) is 0 Å². The van der Waals surface area contributed by atoms with Crippen molar-refractivity contribution >= 4 is 5.95 Å². The third-order valence-corrected chi connectivity index (χ3v) is 3.93. The average molecular weight is 379 g/mol. The molecule has 1 unspecified atom stereocenters. The topological polar surface area (TPSA) is 61.3 Å². The van der Waals surface area contributed by atoms with Gasteiger partial charge in [-0.1, -0.05) is 46.8 Å². The van der Waals surface area contributed by atoms with Crippen molar-refractivity contribution in [3.63, 3.8) is 0 Å². The number of aliphatic hydroxyl groups excluding tert-OH is 1. The highest BCUT2D eigenvalue weighted by molar-refractivity contribution is 5.34. The van der Waals surface area contributed by atoms with E-state index in [1.54, 1.807) is 0 Å². The maximum Gasteiger partial charge on any atom is 0.225 e. The van der Waals surface area contributed by atoms with Crippen molar-refractivity contribution in [1.82, 2.24) is 15.3 Å². The number of rotatable bonds is 3. The van der Waals surface area contributed by atoms with E-state index < -0.39 is 0 Å². The molecular weight excluding hydrogens is 343 g/mol. The molecule has 0 aliphatic carbocycles. The molecule has 3 rings (SSSR count). The number of hydrogen-bond donors (Lipinski definition) is 2. The van der Waals surface area contributed by atoms with E-state index in [4.69, 9.17) is 5.11 Å². The minimum atomic E-state index is -0.212. The maximum absolute atomic E-state index is 13.0. The van der Waals surface area contributed by atoms with Crippen molar-refractivity contribution in [1.29, 1.82) is 0 Å². The van der Waals surface area contributed by atoms with Gasteiger partial charge in [-0.3, -0.25) is 0 Å². The quantitative estimate of drug-likeness (QED) is 0.850. The van der Waals surface area contributed by atoms with E-state index in [0.29, 0.717) is 0 Å². The van der Waals surface area contributed by atoms with Crippen LogP contribution in [0, 0.1) is 5.82 Å². The van der Waals surface area contributed by atoms with Gasteiger partial charge in [0.2, 0.25) is 5.95 Å². The number of piperazine rings is 1. The molecule has 1 atom stereocenters. The van der Waals surface area contributed by atoms with Crippen LogP contribution in [0.1, 0.15) is 51.7 Å². The predicted molar refractivity (Wildman–Crippen MR) is 112 cm³/mol. The second-order valence-electron chi connectivity index (χ2n) is 5.33. The molecule has 0 spiro atoms. The predicted octanol–water partition coefficient (Wildman–Crippen LogP) is 3.84. The monoisotopic (exact) mass is 378 g/mol. The summed E-state index contributed by atoms with van der Waals surface area (Å²) in [5, 5.41) is 10.3. The highest BCUT2D eigenvalue weighted by Gasteiger charge is 2.14. The van der Waals surface area contributed by atoms with E-state index >= 15 is 0 Å². The van der Waals surface area contributed by atoms with Crippen LogP contribution in [0.5, 0.6) is 0 Å². The summed E-state index contributed by atoms with van der Waals surface area (Å²) in [6.45, 7) is 13.9. The Hall–Kier alpha value is -2.05. The Morgan fingerprint density at radius 1 is 0.926 bits per heavy atom. The first-order valence-corrected chi connectivity index (χ1v) is 9.72. The zero-order chi connectivity index (χ0) is 20.7. The number of aliphatic hydroxyl groups is 1. The standard InChI is InChI=1S/C16H19FN4.2C2H6.CH4O/c1-12(13-2-4-15(17)5-3-13)14-10-19-16(20-11-14)21-8-6-18-7-9-21;3*1-2/h2-5,10-12,18H,6-9H2,1H3;2*1-2H3;2H,1H3. The number of hydrogen-bond acceptors (Lipinski definition) is 5. The van der Waals surface area contributed by atoms with E-state index in [9.17, 15) is 4.39 Å². The molecule has 2 aromatic rings. The second kappa shape index (κ2) is 15.1. The summed E-state index contributed by atoms with van der Waals surface area (Å²) in [4.78, 5) is 11.1. The lowest BCUT2D eigenvalue weighted by molar-refractivity contribution is 0.399. The van der Waals surface area contributed by atoms with Crippen LogP contribution in [0.15, 0.2) is 36.7 Å². The van der Waals surface area contributed by atoms with E-state index in [0.717, 1.165) is 50.4 Å². The maximum atomic E-state index is 13.0. The van der Waals surface area contributed by atoms with Gasteiger partial charge in [0.15, 0.2) is 0 Å². The first kappa shape index (κ1) is 24.9. The zero-order valence-electron chi connectivity index (χ0n) is 17.5. The van der Waals surface area contributed by atoms with Gasteiger partial charge in [-0.15, -0.1) is 0 Å². The summed E-state index contributed by atoms with van der Waals surface area (Å²) >= 11 is 0. The lowest BCUT2D eigenvalue weighted by Crippen LogP contribution is -2.44. The largest absolute Gasteiger partial charge is 0.400 e. The lowest BCUT2D eigenvalue weighted by atomic mass is 9.95.